The number of carbonyl (C=O) groups is 1. The van der Waals surface area contributed by atoms with Gasteiger partial charge in [0.15, 0.2) is 0 Å². The van der Waals surface area contributed by atoms with E-state index in [9.17, 15) is 4.79 Å². The number of urea groups is 1. The quantitative estimate of drug-likeness (QED) is 0.801. The summed E-state index contributed by atoms with van der Waals surface area (Å²) in [5.41, 5.74) is 7.99. The van der Waals surface area contributed by atoms with Crippen molar-refractivity contribution < 1.29 is 9.21 Å². The lowest BCUT2D eigenvalue weighted by atomic mass is 9.93. The number of amides is 2. The van der Waals surface area contributed by atoms with Gasteiger partial charge in [-0.05, 0) is 37.1 Å². The first-order valence-corrected chi connectivity index (χ1v) is 6.72. The summed E-state index contributed by atoms with van der Waals surface area (Å²) in [5.74, 6) is 1.07. The van der Waals surface area contributed by atoms with E-state index in [1.54, 1.807) is 12.3 Å². The Balaban J connectivity index is 1.77. The number of hydrogen-bond acceptors (Lipinski definition) is 3. The monoisotopic (exact) mass is 271 g/mol. The predicted octanol–water partition coefficient (Wildman–Crippen LogP) is 3.26. The van der Waals surface area contributed by atoms with E-state index in [0.717, 1.165) is 30.7 Å². The lowest BCUT2D eigenvalue weighted by Crippen LogP contribution is -2.19. The molecule has 4 N–H and O–H groups in total. The van der Waals surface area contributed by atoms with Crippen molar-refractivity contribution in [3.05, 3.63) is 47.9 Å². The summed E-state index contributed by atoms with van der Waals surface area (Å²) < 4.78 is 5.49. The number of fused-ring (bicyclic) bond motifs is 1. The third-order valence-electron chi connectivity index (χ3n) is 3.52. The number of nitrogens with two attached hydrogens (primary N) is 1. The van der Waals surface area contributed by atoms with Crippen LogP contribution in [-0.4, -0.2) is 6.03 Å². The Hall–Kier alpha value is -2.43. The zero-order valence-electron chi connectivity index (χ0n) is 11.1. The highest BCUT2D eigenvalue weighted by atomic mass is 16.3. The maximum atomic E-state index is 10.9. The smallest absolute Gasteiger partial charge is 0.316 e. The number of benzene rings is 1. The molecule has 0 saturated heterocycles. The Kier molecular flexibility index (Phi) is 3.33. The van der Waals surface area contributed by atoms with Crippen LogP contribution in [0, 0.1) is 0 Å². The van der Waals surface area contributed by atoms with Crippen LogP contribution in [0.1, 0.15) is 30.2 Å². The molecule has 2 amide bonds. The van der Waals surface area contributed by atoms with Gasteiger partial charge in [-0.2, -0.15) is 0 Å². The lowest BCUT2D eigenvalue weighted by molar-refractivity contribution is 0.259. The van der Waals surface area contributed by atoms with E-state index in [2.05, 4.69) is 10.6 Å². The Morgan fingerprint density at radius 1 is 1.30 bits per heavy atom. The average Bonchev–Trinajstić information content (AvgIpc) is 2.88. The fraction of sp³-hybridized carbons (Fsp3) is 0.267. The molecule has 5 heteroatoms. The summed E-state index contributed by atoms with van der Waals surface area (Å²) in [6.07, 6.45) is 4.93. The van der Waals surface area contributed by atoms with Gasteiger partial charge in [-0.25, -0.2) is 4.79 Å². The Labute approximate surface area is 117 Å². The molecule has 20 heavy (non-hydrogen) atoms. The summed E-state index contributed by atoms with van der Waals surface area (Å²) in [4.78, 5) is 10.9. The summed E-state index contributed by atoms with van der Waals surface area (Å²) in [5, 5.41) is 6.06. The van der Waals surface area contributed by atoms with E-state index in [1.807, 2.05) is 24.3 Å². The summed E-state index contributed by atoms with van der Waals surface area (Å²) in [6.45, 7) is 0. The van der Waals surface area contributed by atoms with Crippen LogP contribution in [0.15, 0.2) is 41.0 Å². The largest absolute Gasteiger partial charge is 0.469 e. The molecule has 104 valence electrons. The van der Waals surface area contributed by atoms with Gasteiger partial charge in [-0.15, -0.1) is 0 Å². The maximum absolute atomic E-state index is 10.9. The van der Waals surface area contributed by atoms with E-state index in [0.29, 0.717) is 5.69 Å². The van der Waals surface area contributed by atoms with Gasteiger partial charge in [0, 0.05) is 23.4 Å². The Morgan fingerprint density at radius 2 is 2.15 bits per heavy atom. The van der Waals surface area contributed by atoms with Gasteiger partial charge >= 0.3 is 6.03 Å². The van der Waals surface area contributed by atoms with Crippen molar-refractivity contribution in [1.82, 2.24) is 0 Å². The van der Waals surface area contributed by atoms with Crippen LogP contribution in [-0.2, 0) is 6.42 Å². The number of primary amides is 1. The average molecular weight is 271 g/mol. The van der Waals surface area contributed by atoms with Crippen LogP contribution in [0.5, 0.6) is 0 Å². The molecule has 1 aliphatic carbocycles. The standard InChI is InChI=1S/C15H17N3O2/c16-15(19)18-11-4-1-3-10(9-11)17-13-5-2-6-14-12(13)7-8-20-14/h1,3-4,7-9,13,17H,2,5-6H2,(H3,16,18,19). The molecular weight excluding hydrogens is 254 g/mol. The minimum absolute atomic E-state index is 0.251. The molecule has 0 aliphatic heterocycles. The van der Waals surface area contributed by atoms with E-state index in [-0.39, 0.29) is 6.04 Å². The zero-order valence-corrected chi connectivity index (χ0v) is 11.1. The maximum Gasteiger partial charge on any atom is 0.316 e. The summed E-state index contributed by atoms with van der Waals surface area (Å²) >= 11 is 0. The minimum Gasteiger partial charge on any atom is -0.469 e. The van der Waals surface area contributed by atoms with Gasteiger partial charge in [-0.1, -0.05) is 6.07 Å². The van der Waals surface area contributed by atoms with Gasteiger partial charge in [0.25, 0.3) is 0 Å². The van der Waals surface area contributed by atoms with Gasteiger partial charge in [0.2, 0.25) is 0 Å². The summed E-state index contributed by atoms with van der Waals surface area (Å²) in [7, 11) is 0. The van der Waals surface area contributed by atoms with Crippen molar-refractivity contribution >= 4 is 17.4 Å². The molecule has 0 saturated carbocycles. The third kappa shape index (κ3) is 2.61. The van der Waals surface area contributed by atoms with E-state index < -0.39 is 6.03 Å². The molecule has 3 rings (SSSR count). The highest BCUT2D eigenvalue weighted by Crippen LogP contribution is 2.33. The highest BCUT2D eigenvalue weighted by molar-refractivity contribution is 5.88. The normalized spacial score (nSPS) is 17.3. The molecule has 1 aliphatic rings. The number of hydrogen-bond donors (Lipinski definition) is 3. The van der Waals surface area contributed by atoms with Crippen LogP contribution >= 0.6 is 0 Å². The Morgan fingerprint density at radius 3 is 3.00 bits per heavy atom. The fourth-order valence-corrected chi connectivity index (χ4v) is 2.67. The second-order valence-electron chi connectivity index (χ2n) is 4.96. The second kappa shape index (κ2) is 5.28. The van der Waals surface area contributed by atoms with Crippen molar-refractivity contribution in [2.45, 2.75) is 25.3 Å². The molecule has 5 nitrogen and oxygen atoms in total. The van der Waals surface area contributed by atoms with E-state index >= 15 is 0 Å². The van der Waals surface area contributed by atoms with Crippen LogP contribution in [0.2, 0.25) is 0 Å². The molecule has 1 heterocycles. The molecule has 2 aromatic rings. The lowest BCUT2D eigenvalue weighted by Gasteiger charge is -2.24. The first-order valence-electron chi connectivity index (χ1n) is 6.72. The van der Waals surface area contributed by atoms with Crippen LogP contribution in [0.3, 0.4) is 0 Å². The molecule has 1 unspecified atom stereocenters. The SMILES string of the molecule is NC(=O)Nc1cccc(NC2CCCc3occc32)c1. The third-order valence-corrected chi connectivity index (χ3v) is 3.52. The molecule has 1 aromatic carbocycles. The Bertz CT molecular complexity index is 621. The molecule has 0 fully saturated rings. The number of rotatable bonds is 3. The number of anilines is 2. The van der Waals surface area contributed by atoms with Crippen LogP contribution in [0.25, 0.3) is 0 Å². The molecule has 1 aromatic heterocycles. The molecular formula is C15H17N3O2. The van der Waals surface area contributed by atoms with Crippen molar-refractivity contribution in [2.75, 3.05) is 10.6 Å². The summed E-state index contributed by atoms with van der Waals surface area (Å²) in [6, 6.07) is 9.25. The topological polar surface area (TPSA) is 80.3 Å². The van der Waals surface area contributed by atoms with Crippen molar-refractivity contribution in [2.24, 2.45) is 5.73 Å². The van der Waals surface area contributed by atoms with Crippen molar-refractivity contribution in [1.29, 1.82) is 0 Å². The highest BCUT2D eigenvalue weighted by Gasteiger charge is 2.22. The van der Waals surface area contributed by atoms with E-state index in [1.165, 1.54) is 5.56 Å². The first-order chi connectivity index (χ1) is 9.72. The fourth-order valence-electron chi connectivity index (χ4n) is 2.67. The predicted molar refractivity (Wildman–Crippen MR) is 77.7 cm³/mol. The van der Waals surface area contributed by atoms with Gasteiger partial charge in [0.1, 0.15) is 5.76 Å². The number of aryl methyl sites for hydroxylation is 1. The first kappa shape index (κ1) is 12.6. The van der Waals surface area contributed by atoms with Gasteiger partial charge < -0.3 is 20.8 Å². The number of furan rings is 1. The van der Waals surface area contributed by atoms with Gasteiger partial charge in [0.05, 0.1) is 12.3 Å². The molecule has 0 bridgehead atoms. The van der Waals surface area contributed by atoms with Crippen molar-refractivity contribution in [3.63, 3.8) is 0 Å². The van der Waals surface area contributed by atoms with Crippen LogP contribution < -0.4 is 16.4 Å². The molecule has 0 spiro atoms. The number of carbonyl (C=O) groups excluding carboxylic acids is 1. The second-order valence-corrected chi connectivity index (χ2v) is 4.96. The van der Waals surface area contributed by atoms with Gasteiger partial charge in [-0.3, -0.25) is 0 Å². The molecule has 1 atom stereocenters. The molecule has 0 radical (unpaired) electrons. The zero-order chi connectivity index (χ0) is 13.9. The van der Waals surface area contributed by atoms with Crippen molar-refractivity contribution in [3.8, 4) is 0 Å². The minimum atomic E-state index is -0.558. The van der Waals surface area contributed by atoms with Crippen LogP contribution in [0.4, 0.5) is 16.2 Å². The number of nitrogens with one attached hydrogen (secondary N) is 2. The van der Waals surface area contributed by atoms with E-state index in [4.69, 9.17) is 10.2 Å².